The first-order valence-corrected chi connectivity index (χ1v) is 8.76. The van der Waals surface area contributed by atoms with Gasteiger partial charge in [-0.3, -0.25) is 9.59 Å². The van der Waals surface area contributed by atoms with Gasteiger partial charge in [-0.05, 0) is 48.9 Å². The Morgan fingerprint density at radius 2 is 1.84 bits per heavy atom. The molecule has 0 bridgehead atoms. The van der Waals surface area contributed by atoms with Crippen molar-refractivity contribution < 1.29 is 14.7 Å². The molecular formula is C21H21NO3. The van der Waals surface area contributed by atoms with Crippen LogP contribution in [0, 0.1) is 0 Å². The number of anilines is 1. The third kappa shape index (κ3) is 2.48. The number of hydrogen-bond donors (Lipinski definition) is 1. The van der Waals surface area contributed by atoms with Gasteiger partial charge in [-0.2, -0.15) is 0 Å². The van der Waals surface area contributed by atoms with E-state index in [4.69, 9.17) is 0 Å². The summed E-state index contributed by atoms with van der Waals surface area (Å²) in [6, 6.07) is 12.9. The lowest BCUT2D eigenvalue weighted by atomic mass is 9.85. The van der Waals surface area contributed by atoms with Gasteiger partial charge in [-0.25, -0.2) is 0 Å². The van der Waals surface area contributed by atoms with Crippen molar-refractivity contribution >= 4 is 17.4 Å². The number of benzene rings is 2. The summed E-state index contributed by atoms with van der Waals surface area (Å²) in [6.45, 7) is 0. The van der Waals surface area contributed by atoms with E-state index >= 15 is 0 Å². The monoisotopic (exact) mass is 335 g/mol. The Bertz CT molecular complexity index is 873. The van der Waals surface area contributed by atoms with Crippen molar-refractivity contribution in [2.24, 2.45) is 0 Å². The minimum Gasteiger partial charge on any atom is -0.375 e. The van der Waals surface area contributed by atoms with Crippen LogP contribution in [0.3, 0.4) is 0 Å². The molecule has 2 aliphatic rings. The van der Waals surface area contributed by atoms with E-state index in [9.17, 15) is 14.7 Å². The molecule has 0 saturated carbocycles. The number of rotatable bonds is 3. The first-order chi connectivity index (χ1) is 12.0. The first-order valence-electron chi connectivity index (χ1n) is 8.76. The van der Waals surface area contributed by atoms with Gasteiger partial charge in [0.15, 0.2) is 11.4 Å². The number of fused-ring (bicyclic) bond motifs is 2. The molecule has 0 saturated heterocycles. The molecular weight excluding hydrogens is 314 g/mol. The molecule has 128 valence electrons. The second kappa shape index (κ2) is 5.81. The molecule has 4 rings (SSSR count). The number of para-hydroxylation sites is 1. The summed E-state index contributed by atoms with van der Waals surface area (Å²) in [5, 5.41) is 11.0. The molecule has 4 heteroatoms. The van der Waals surface area contributed by atoms with E-state index < -0.39 is 11.5 Å². The van der Waals surface area contributed by atoms with E-state index in [0.717, 1.165) is 19.3 Å². The quantitative estimate of drug-likeness (QED) is 0.877. The van der Waals surface area contributed by atoms with Crippen molar-refractivity contribution in [2.75, 3.05) is 11.9 Å². The smallest absolute Gasteiger partial charge is 0.263 e. The number of aryl methyl sites for hydroxylation is 2. The Morgan fingerprint density at radius 3 is 2.64 bits per heavy atom. The van der Waals surface area contributed by atoms with Crippen molar-refractivity contribution in [1.82, 2.24) is 0 Å². The van der Waals surface area contributed by atoms with Gasteiger partial charge in [0.1, 0.15) is 0 Å². The fraction of sp³-hybridized carbons (Fsp3) is 0.333. The molecule has 1 atom stereocenters. The standard InChI is InChI=1S/C21H21NO3/c1-22-18-9-5-4-8-17(18)21(25,20(22)24)13-19(23)16-11-10-14-6-2-3-7-15(14)12-16/h4-5,8-12,25H,2-3,6-7,13H2,1H3/t21-/m0/s1. The molecule has 0 unspecified atom stereocenters. The predicted octanol–water partition coefficient (Wildman–Crippen LogP) is 3.00. The molecule has 2 aromatic rings. The minimum atomic E-state index is -1.78. The summed E-state index contributed by atoms with van der Waals surface area (Å²) in [6.07, 6.45) is 4.16. The van der Waals surface area contributed by atoms with Gasteiger partial charge in [0.05, 0.1) is 12.1 Å². The Morgan fingerprint density at radius 1 is 1.12 bits per heavy atom. The van der Waals surface area contributed by atoms with Crippen LogP contribution in [0.15, 0.2) is 42.5 Å². The van der Waals surface area contributed by atoms with E-state index in [2.05, 4.69) is 0 Å². The molecule has 1 amide bonds. The zero-order valence-electron chi connectivity index (χ0n) is 14.3. The van der Waals surface area contributed by atoms with Crippen LogP contribution in [-0.4, -0.2) is 23.8 Å². The summed E-state index contributed by atoms with van der Waals surface area (Å²) in [4.78, 5) is 26.9. The number of carbonyl (C=O) groups excluding carboxylic acids is 2. The van der Waals surface area contributed by atoms with Crippen LogP contribution in [0.5, 0.6) is 0 Å². The van der Waals surface area contributed by atoms with Crippen molar-refractivity contribution in [1.29, 1.82) is 0 Å². The van der Waals surface area contributed by atoms with E-state index in [0.29, 0.717) is 16.8 Å². The number of nitrogens with zero attached hydrogens (tertiary/aromatic N) is 1. The number of amides is 1. The van der Waals surface area contributed by atoms with Crippen LogP contribution in [0.25, 0.3) is 0 Å². The van der Waals surface area contributed by atoms with Crippen molar-refractivity contribution in [3.8, 4) is 0 Å². The largest absolute Gasteiger partial charge is 0.375 e. The lowest BCUT2D eigenvalue weighted by Gasteiger charge is -2.22. The van der Waals surface area contributed by atoms with Gasteiger partial charge in [-0.15, -0.1) is 0 Å². The molecule has 25 heavy (non-hydrogen) atoms. The molecule has 0 spiro atoms. The summed E-state index contributed by atoms with van der Waals surface area (Å²) in [5.41, 5.74) is 2.50. The SMILES string of the molecule is CN1C(=O)[C@](O)(CC(=O)c2ccc3c(c2)CCCC3)c2ccccc21. The maximum absolute atomic E-state index is 12.8. The van der Waals surface area contributed by atoms with E-state index in [1.54, 1.807) is 25.2 Å². The molecule has 1 aliphatic heterocycles. The third-order valence-corrected chi connectivity index (χ3v) is 5.46. The van der Waals surface area contributed by atoms with Crippen LogP contribution in [0.4, 0.5) is 5.69 Å². The molecule has 4 nitrogen and oxygen atoms in total. The third-order valence-electron chi connectivity index (χ3n) is 5.46. The second-order valence-electron chi connectivity index (χ2n) is 7.03. The number of aliphatic hydroxyl groups is 1. The molecule has 0 radical (unpaired) electrons. The normalized spacial score (nSPS) is 21.8. The zero-order chi connectivity index (χ0) is 17.6. The van der Waals surface area contributed by atoms with Gasteiger partial charge in [0, 0.05) is 18.2 Å². The van der Waals surface area contributed by atoms with Gasteiger partial charge in [-0.1, -0.05) is 30.3 Å². The summed E-state index contributed by atoms with van der Waals surface area (Å²) in [5.74, 6) is -0.644. The maximum Gasteiger partial charge on any atom is 0.263 e. The van der Waals surface area contributed by atoms with Crippen LogP contribution in [-0.2, 0) is 23.2 Å². The van der Waals surface area contributed by atoms with Crippen molar-refractivity contribution in [3.63, 3.8) is 0 Å². The highest BCUT2D eigenvalue weighted by atomic mass is 16.3. The predicted molar refractivity (Wildman–Crippen MR) is 95.8 cm³/mol. The molecule has 0 fully saturated rings. The lowest BCUT2D eigenvalue weighted by Crippen LogP contribution is -2.40. The Labute approximate surface area is 147 Å². The highest BCUT2D eigenvalue weighted by Gasteiger charge is 2.49. The van der Waals surface area contributed by atoms with Gasteiger partial charge in [0.25, 0.3) is 5.91 Å². The van der Waals surface area contributed by atoms with Gasteiger partial charge >= 0.3 is 0 Å². The fourth-order valence-electron chi connectivity index (χ4n) is 4.03. The summed E-state index contributed by atoms with van der Waals surface area (Å²) >= 11 is 0. The number of carbonyl (C=O) groups is 2. The summed E-state index contributed by atoms with van der Waals surface area (Å²) in [7, 11) is 1.63. The van der Waals surface area contributed by atoms with Crippen molar-refractivity contribution in [2.45, 2.75) is 37.7 Å². The Balaban J connectivity index is 1.66. The highest BCUT2D eigenvalue weighted by Crippen LogP contribution is 2.42. The lowest BCUT2D eigenvalue weighted by molar-refractivity contribution is -0.135. The molecule has 1 aliphatic carbocycles. The first kappa shape index (κ1) is 16.0. The average Bonchev–Trinajstić information content (AvgIpc) is 2.83. The summed E-state index contributed by atoms with van der Waals surface area (Å²) < 4.78 is 0. The minimum absolute atomic E-state index is 0.200. The van der Waals surface area contributed by atoms with Crippen LogP contribution < -0.4 is 4.90 Å². The van der Waals surface area contributed by atoms with E-state index in [1.807, 2.05) is 24.3 Å². The van der Waals surface area contributed by atoms with E-state index in [-0.39, 0.29) is 12.2 Å². The van der Waals surface area contributed by atoms with Crippen LogP contribution >= 0.6 is 0 Å². The van der Waals surface area contributed by atoms with Crippen LogP contribution in [0.1, 0.15) is 46.3 Å². The molecule has 1 heterocycles. The fourth-order valence-corrected chi connectivity index (χ4v) is 4.03. The zero-order valence-corrected chi connectivity index (χ0v) is 14.3. The number of hydrogen-bond acceptors (Lipinski definition) is 3. The second-order valence-corrected chi connectivity index (χ2v) is 7.03. The van der Waals surface area contributed by atoms with Crippen LogP contribution in [0.2, 0.25) is 0 Å². The molecule has 0 aromatic heterocycles. The Hall–Kier alpha value is -2.46. The average molecular weight is 335 g/mol. The Kier molecular flexibility index (Phi) is 3.73. The van der Waals surface area contributed by atoms with E-state index in [1.165, 1.54) is 22.4 Å². The number of ketones is 1. The maximum atomic E-state index is 12.8. The van der Waals surface area contributed by atoms with Gasteiger partial charge < -0.3 is 10.0 Å². The molecule has 1 N–H and O–H groups in total. The van der Waals surface area contributed by atoms with Crippen molar-refractivity contribution in [3.05, 3.63) is 64.7 Å². The van der Waals surface area contributed by atoms with Gasteiger partial charge in [0.2, 0.25) is 0 Å². The highest BCUT2D eigenvalue weighted by molar-refractivity contribution is 6.10. The topological polar surface area (TPSA) is 57.6 Å². The number of likely N-dealkylation sites (N-methyl/N-ethyl adjacent to an activating group) is 1. The number of Topliss-reactive ketones (excluding diaryl/α,β-unsaturated/α-hetero) is 1. The molecule has 2 aromatic carbocycles.